The first-order chi connectivity index (χ1) is 8.92. The average molecular weight is 282 g/mol. The Hall–Kier alpha value is -1.07. The van der Waals surface area contributed by atoms with E-state index in [0.29, 0.717) is 16.9 Å². The lowest BCUT2D eigenvalue weighted by Gasteiger charge is -2.36. The summed E-state index contributed by atoms with van der Waals surface area (Å²) in [7, 11) is -1.06. The molecule has 1 aromatic carbocycles. The first-order valence-electron chi connectivity index (χ1n) is 6.72. The summed E-state index contributed by atoms with van der Waals surface area (Å²) in [6, 6.07) is 7.51. The van der Waals surface area contributed by atoms with Crippen LogP contribution in [0.15, 0.2) is 29.2 Å². The van der Waals surface area contributed by atoms with E-state index in [1.807, 2.05) is 19.2 Å². The summed E-state index contributed by atoms with van der Waals surface area (Å²) in [6.45, 7) is 2.64. The molecule has 19 heavy (non-hydrogen) atoms. The molecule has 2 N–H and O–H groups in total. The van der Waals surface area contributed by atoms with Crippen molar-refractivity contribution in [2.24, 2.45) is 11.7 Å². The van der Waals surface area contributed by atoms with Gasteiger partial charge < -0.3 is 10.6 Å². The first kappa shape index (κ1) is 14.3. The van der Waals surface area contributed by atoms with E-state index < -0.39 is 9.84 Å². The van der Waals surface area contributed by atoms with Crippen LogP contribution in [0.25, 0.3) is 0 Å². The van der Waals surface area contributed by atoms with Crippen molar-refractivity contribution >= 4 is 15.5 Å². The molecular formula is C14H22N2O2S. The fraction of sp³-hybridized carbons (Fsp3) is 0.571. The number of benzene rings is 1. The third-order valence-corrected chi connectivity index (χ3v) is 5.57. The third-order valence-electron chi connectivity index (χ3n) is 3.82. The summed E-state index contributed by atoms with van der Waals surface area (Å²) in [6.07, 6.45) is 2.18. The summed E-state index contributed by atoms with van der Waals surface area (Å²) in [5.74, 6) is 0.807. The number of hydrogen-bond donors (Lipinski definition) is 1. The highest BCUT2D eigenvalue weighted by molar-refractivity contribution is 7.91. The lowest BCUT2D eigenvalue weighted by atomic mass is 9.80. The number of hydrogen-bond acceptors (Lipinski definition) is 4. The predicted octanol–water partition coefficient (Wildman–Crippen LogP) is 1.65. The molecule has 0 heterocycles. The zero-order chi connectivity index (χ0) is 14.0. The summed E-state index contributed by atoms with van der Waals surface area (Å²) in [4.78, 5) is 2.57. The van der Waals surface area contributed by atoms with E-state index in [1.165, 1.54) is 0 Å². The van der Waals surface area contributed by atoms with Crippen molar-refractivity contribution < 1.29 is 8.42 Å². The number of rotatable bonds is 5. The normalized spacial score (nSPS) is 22.9. The van der Waals surface area contributed by atoms with E-state index in [2.05, 4.69) is 4.90 Å². The molecule has 0 bridgehead atoms. The molecule has 0 aromatic heterocycles. The lowest BCUT2D eigenvalue weighted by Crippen LogP contribution is -2.41. The second kappa shape index (κ2) is 5.51. The molecule has 0 atom stereocenters. The van der Waals surface area contributed by atoms with E-state index in [9.17, 15) is 8.42 Å². The van der Waals surface area contributed by atoms with Crippen molar-refractivity contribution in [1.29, 1.82) is 0 Å². The Morgan fingerprint density at radius 3 is 2.32 bits per heavy atom. The molecule has 1 aliphatic rings. The molecule has 5 heteroatoms. The van der Waals surface area contributed by atoms with E-state index in [4.69, 9.17) is 5.73 Å². The van der Waals surface area contributed by atoms with Gasteiger partial charge in [0, 0.05) is 25.3 Å². The zero-order valence-electron chi connectivity index (χ0n) is 11.5. The maximum Gasteiger partial charge on any atom is 0.178 e. The number of sulfone groups is 1. The largest absolute Gasteiger partial charge is 0.374 e. The fourth-order valence-corrected chi connectivity index (χ4v) is 3.39. The lowest BCUT2D eigenvalue weighted by molar-refractivity contribution is 0.271. The van der Waals surface area contributed by atoms with Crippen LogP contribution in [0.3, 0.4) is 0 Å². The molecular weight excluding hydrogens is 260 g/mol. The van der Waals surface area contributed by atoms with Crippen molar-refractivity contribution in [2.75, 3.05) is 24.2 Å². The van der Waals surface area contributed by atoms with Gasteiger partial charge >= 0.3 is 0 Å². The standard InChI is InChI=1S/C14H22N2O2S/c1-3-19(17,18)14-6-4-13(5-7-14)16(2)10-11-8-12(15)9-11/h4-7,11-12H,3,8-10,15H2,1-2H3. The van der Waals surface area contributed by atoms with Gasteiger partial charge in [-0.25, -0.2) is 8.42 Å². The van der Waals surface area contributed by atoms with Gasteiger partial charge in [-0.05, 0) is 43.0 Å². The van der Waals surface area contributed by atoms with Gasteiger partial charge in [0.1, 0.15) is 0 Å². The van der Waals surface area contributed by atoms with Gasteiger partial charge in [0.2, 0.25) is 0 Å². The Kier molecular flexibility index (Phi) is 4.16. The minimum Gasteiger partial charge on any atom is -0.374 e. The molecule has 4 nitrogen and oxygen atoms in total. The van der Waals surface area contributed by atoms with E-state index in [1.54, 1.807) is 19.1 Å². The molecule has 1 saturated carbocycles. The van der Waals surface area contributed by atoms with Crippen LogP contribution in [0.1, 0.15) is 19.8 Å². The number of nitrogens with two attached hydrogens (primary N) is 1. The number of nitrogens with zero attached hydrogens (tertiary/aromatic N) is 1. The molecule has 1 fully saturated rings. The molecule has 0 spiro atoms. The van der Waals surface area contributed by atoms with Crippen LogP contribution < -0.4 is 10.6 Å². The smallest absolute Gasteiger partial charge is 0.178 e. The highest BCUT2D eigenvalue weighted by Gasteiger charge is 2.26. The summed E-state index contributed by atoms with van der Waals surface area (Å²) in [5, 5.41) is 0. The van der Waals surface area contributed by atoms with E-state index in [-0.39, 0.29) is 5.75 Å². The summed E-state index contributed by atoms with van der Waals surface area (Å²) in [5.41, 5.74) is 6.83. The molecule has 1 aliphatic carbocycles. The Labute approximate surface area is 115 Å². The maximum atomic E-state index is 11.7. The second-order valence-corrected chi connectivity index (χ2v) is 7.65. The van der Waals surface area contributed by atoms with Crippen LogP contribution in [0.2, 0.25) is 0 Å². The van der Waals surface area contributed by atoms with Crippen LogP contribution in [-0.4, -0.2) is 33.8 Å². The quantitative estimate of drug-likeness (QED) is 0.892. The van der Waals surface area contributed by atoms with Gasteiger partial charge in [-0.15, -0.1) is 0 Å². The monoisotopic (exact) mass is 282 g/mol. The molecule has 0 unspecified atom stereocenters. The Morgan fingerprint density at radius 2 is 1.84 bits per heavy atom. The molecule has 0 aliphatic heterocycles. The van der Waals surface area contributed by atoms with Crippen LogP contribution >= 0.6 is 0 Å². The molecule has 1 aromatic rings. The summed E-state index contributed by atoms with van der Waals surface area (Å²) < 4.78 is 23.4. The molecule has 0 saturated heterocycles. The van der Waals surface area contributed by atoms with Crippen molar-refractivity contribution in [3.05, 3.63) is 24.3 Å². The molecule has 2 rings (SSSR count). The average Bonchev–Trinajstić information content (AvgIpc) is 2.37. The number of anilines is 1. The van der Waals surface area contributed by atoms with Gasteiger partial charge in [-0.2, -0.15) is 0 Å². The van der Waals surface area contributed by atoms with Gasteiger partial charge in [-0.3, -0.25) is 0 Å². The van der Waals surface area contributed by atoms with Gasteiger partial charge in [0.05, 0.1) is 10.6 Å². The zero-order valence-corrected chi connectivity index (χ0v) is 12.4. The van der Waals surface area contributed by atoms with E-state index in [0.717, 1.165) is 25.1 Å². The second-order valence-electron chi connectivity index (χ2n) is 5.38. The minimum atomic E-state index is -3.10. The van der Waals surface area contributed by atoms with E-state index >= 15 is 0 Å². The van der Waals surface area contributed by atoms with Gasteiger partial charge in [0.25, 0.3) is 0 Å². The van der Waals surface area contributed by atoms with Crippen LogP contribution in [0.4, 0.5) is 5.69 Å². The third kappa shape index (κ3) is 3.28. The highest BCUT2D eigenvalue weighted by atomic mass is 32.2. The maximum absolute atomic E-state index is 11.7. The molecule has 0 amide bonds. The Bertz CT molecular complexity index is 519. The van der Waals surface area contributed by atoms with Gasteiger partial charge in [-0.1, -0.05) is 6.92 Å². The SMILES string of the molecule is CCS(=O)(=O)c1ccc(N(C)CC2CC(N)C2)cc1. The van der Waals surface area contributed by atoms with Crippen LogP contribution in [0, 0.1) is 5.92 Å². The Morgan fingerprint density at radius 1 is 1.26 bits per heavy atom. The molecule has 0 radical (unpaired) electrons. The van der Waals surface area contributed by atoms with Crippen molar-refractivity contribution in [3.63, 3.8) is 0 Å². The molecule has 106 valence electrons. The fourth-order valence-electron chi connectivity index (χ4n) is 2.50. The van der Waals surface area contributed by atoms with Crippen LogP contribution in [-0.2, 0) is 9.84 Å². The first-order valence-corrected chi connectivity index (χ1v) is 8.37. The minimum absolute atomic E-state index is 0.141. The summed E-state index contributed by atoms with van der Waals surface area (Å²) >= 11 is 0. The highest BCUT2D eigenvalue weighted by Crippen LogP contribution is 2.28. The predicted molar refractivity (Wildman–Crippen MR) is 78.1 cm³/mol. The Balaban J connectivity index is 2.02. The van der Waals surface area contributed by atoms with Gasteiger partial charge in [0.15, 0.2) is 9.84 Å². The van der Waals surface area contributed by atoms with Crippen molar-refractivity contribution in [2.45, 2.75) is 30.7 Å². The topological polar surface area (TPSA) is 63.4 Å². The van der Waals surface area contributed by atoms with Crippen molar-refractivity contribution in [1.82, 2.24) is 0 Å². The van der Waals surface area contributed by atoms with Crippen LogP contribution in [0.5, 0.6) is 0 Å². The van der Waals surface area contributed by atoms with Crippen molar-refractivity contribution in [3.8, 4) is 0 Å².